The Balaban J connectivity index is 1.45. The van der Waals surface area contributed by atoms with Crippen molar-refractivity contribution in [1.82, 2.24) is 14.9 Å². The molecule has 0 aliphatic carbocycles. The Morgan fingerprint density at radius 2 is 1.76 bits per heavy atom. The summed E-state index contributed by atoms with van der Waals surface area (Å²) < 4.78 is 38.3. The quantitative estimate of drug-likeness (QED) is 0.561. The molecule has 1 fully saturated rings. The maximum atomic E-state index is 14.9. The van der Waals surface area contributed by atoms with Gasteiger partial charge in [-0.2, -0.15) is 4.98 Å². The predicted octanol–water partition coefficient (Wildman–Crippen LogP) is 2.25. The maximum Gasteiger partial charge on any atom is 0.228 e. The van der Waals surface area contributed by atoms with Gasteiger partial charge in [-0.1, -0.05) is 12.1 Å². The molecule has 3 aromatic rings. The molecule has 1 aliphatic heterocycles. The molecule has 2 heterocycles. The molecule has 1 aromatic heterocycles. The normalized spacial score (nSPS) is 14.9. The summed E-state index contributed by atoms with van der Waals surface area (Å²) in [6.45, 7) is 1.82. The van der Waals surface area contributed by atoms with E-state index in [1.807, 2.05) is 4.90 Å². The standard InChI is InChI=1S/C23H26F2N6O3/c1-33-17-12-16-19(20(25)21(17)34-2)22(27)29-23(28-16)31-9-7-30(8-10-31)18(32)11-15(26)13-3-5-14(24)6-4-13/h3-6,12,15H,7-11,26H2,1-2H3,(H2,27,28,29)/t15-/m1/s1. The number of ether oxygens (including phenoxy) is 2. The minimum atomic E-state index is -0.686. The number of nitrogen functional groups attached to an aromatic ring is 1. The molecule has 4 N–H and O–H groups in total. The van der Waals surface area contributed by atoms with E-state index in [9.17, 15) is 13.6 Å². The fourth-order valence-electron chi connectivity index (χ4n) is 4.01. The fraction of sp³-hybridized carbons (Fsp3) is 0.348. The topological polar surface area (TPSA) is 120 Å². The van der Waals surface area contributed by atoms with Crippen LogP contribution in [0.3, 0.4) is 0 Å². The molecule has 0 unspecified atom stereocenters. The summed E-state index contributed by atoms with van der Waals surface area (Å²) in [5.74, 6) is -0.666. The number of aromatic nitrogens is 2. The zero-order valence-electron chi connectivity index (χ0n) is 18.9. The number of methoxy groups -OCH3 is 2. The number of carbonyl (C=O) groups excluding carboxylic acids is 1. The van der Waals surface area contributed by atoms with Crippen LogP contribution in [-0.4, -0.2) is 61.2 Å². The van der Waals surface area contributed by atoms with E-state index in [1.165, 1.54) is 26.4 Å². The van der Waals surface area contributed by atoms with Crippen molar-refractivity contribution in [3.05, 3.63) is 47.5 Å². The zero-order valence-corrected chi connectivity index (χ0v) is 18.9. The summed E-state index contributed by atoms with van der Waals surface area (Å²) in [5.41, 5.74) is 13.2. The number of nitrogens with two attached hydrogens (primary N) is 2. The second-order valence-corrected chi connectivity index (χ2v) is 7.96. The Hall–Kier alpha value is -3.73. The van der Waals surface area contributed by atoms with Crippen LogP contribution in [0.1, 0.15) is 18.0 Å². The molecule has 9 nitrogen and oxygen atoms in total. The zero-order chi connectivity index (χ0) is 24.4. The van der Waals surface area contributed by atoms with Crippen molar-refractivity contribution >= 4 is 28.6 Å². The molecule has 1 amide bonds. The number of fused-ring (bicyclic) bond motifs is 1. The van der Waals surface area contributed by atoms with Crippen LogP contribution in [0.5, 0.6) is 11.5 Å². The van der Waals surface area contributed by atoms with Gasteiger partial charge in [0.15, 0.2) is 17.3 Å². The smallest absolute Gasteiger partial charge is 0.228 e. The first kappa shape index (κ1) is 23.4. The molecule has 11 heteroatoms. The van der Waals surface area contributed by atoms with E-state index >= 15 is 0 Å². The van der Waals surface area contributed by atoms with Gasteiger partial charge in [0.05, 0.1) is 25.1 Å². The number of amides is 1. The number of halogens is 2. The Morgan fingerprint density at radius 3 is 2.38 bits per heavy atom. The molecular formula is C23H26F2N6O3. The second-order valence-electron chi connectivity index (χ2n) is 7.96. The summed E-state index contributed by atoms with van der Waals surface area (Å²) in [7, 11) is 2.75. The minimum absolute atomic E-state index is 0.0118. The lowest BCUT2D eigenvalue weighted by Crippen LogP contribution is -2.49. The third-order valence-corrected chi connectivity index (χ3v) is 5.90. The Labute approximate surface area is 195 Å². The number of hydrogen-bond donors (Lipinski definition) is 2. The van der Waals surface area contributed by atoms with Gasteiger partial charge in [-0.25, -0.2) is 13.8 Å². The fourth-order valence-corrected chi connectivity index (χ4v) is 4.01. The lowest BCUT2D eigenvalue weighted by molar-refractivity contribution is -0.131. The molecule has 4 rings (SSSR count). The average molecular weight is 472 g/mol. The number of carbonyl (C=O) groups is 1. The summed E-state index contributed by atoms with van der Waals surface area (Å²) in [6.07, 6.45) is 0.117. The summed E-state index contributed by atoms with van der Waals surface area (Å²) >= 11 is 0. The number of rotatable bonds is 6. The third kappa shape index (κ3) is 4.51. The van der Waals surface area contributed by atoms with E-state index in [-0.39, 0.29) is 40.8 Å². The lowest BCUT2D eigenvalue weighted by atomic mass is 10.0. The monoisotopic (exact) mass is 472 g/mol. The van der Waals surface area contributed by atoms with Gasteiger partial charge >= 0.3 is 0 Å². The van der Waals surface area contributed by atoms with E-state index in [0.29, 0.717) is 43.2 Å². The van der Waals surface area contributed by atoms with E-state index < -0.39 is 11.9 Å². The van der Waals surface area contributed by atoms with Gasteiger partial charge in [0.25, 0.3) is 0 Å². The van der Waals surface area contributed by atoms with Gasteiger partial charge in [-0.05, 0) is 17.7 Å². The molecule has 180 valence electrons. The van der Waals surface area contributed by atoms with E-state index in [1.54, 1.807) is 23.1 Å². The highest BCUT2D eigenvalue weighted by Crippen LogP contribution is 2.38. The largest absolute Gasteiger partial charge is 0.493 e. The molecule has 0 saturated carbocycles. The van der Waals surface area contributed by atoms with Gasteiger partial charge in [0, 0.05) is 44.7 Å². The van der Waals surface area contributed by atoms with Crippen molar-refractivity contribution in [2.45, 2.75) is 12.5 Å². The number of hydrogen-bond acceptors (Lipinski definition) is 8. The number of benzene rings is 2. The third-order valence-electron chi connectivity index (χ3n) is 5.90. The van der Waals surface area contributed by atoms with Gasteiger partial charge in [0.2, 0.25) is 11.9 Å². The highest BCUT2D eigenvalue weighted by atomic mass is 19.1. The van der Waals surface area contributed by atoms with Crippen LogP contribution in [0.4, 0.5) is 20.5 Å². The van der Waals surface area contributed by atoms with Gasteiger partial charge < -0.3 is 30.7 Å². The average Bonchev–Trinajstić information content (AvgIpc) is 2.83. The maximum absolute atomic E-state index is 14.9. The van der Waals surface area contributed by atoms with Crippen LogP contribution in [0.15, 0.2) is 30.3 Å². The molecule has 0 spiro atoms. The van der Waals surface area contributed by atoms with E-state index in [0.717, 1.165) is 0 Å². The van der Waals surface area contributed by atoms with Gasteiger partial charge in [0.1, 0.15) is 11.6 Å². The molecule has 0 bridgehead atoms. The molecule has 34 heavy (non-hydrogen) atoms. The van der Waals surface area contributed by atoms with Crippen molar-refractivity contribution in [1.29, 1.82) is 0 Å². The second kappa shape index (κ2) is 9.64. The first-order valence-corrected chi connectivity index (χ1v) is 10.7. The first-order valence-electron chi connectivity index (χ1n) is 10.7. The van der Waals surface area contributed by atoms with Crippen LogP contribution in [0.25, 0.3) is 10.9 Å². The van der Waals surface area contributed by atoms with Crippen LogP contribution in [0.2, 0.25) is 0 Å². The van der Waals surface area contributed by atoms with Gasteiger partial charge in [-0.3, -0.25) is 4.79 Å². The van der Waals surface area contributed by atoms with E-state index in [2.05, 4.69) is 9.97 Å². The molecular weight excluding hydrogens is 446 g/mol. The van der Waals surface area contributed by atoms with Gasteiger partial charge in [-0.15, -0.1) is 0 Å². The Bertz CT molecular complexity index is 1200. The lowest BCUT2D eigenvalue weighted by Gasteiger charge is -2.35. The molecule has 1 saturated heterocycles. The molecule has 1 aliphatic rings. The first-order chi connectivity index (χ1) is 16.3. The highest BCUT2D eigenvalue weighted by Gasteiger charge is 2.26. The Kier molecular flexibility index (Phi) is 6.64. The van der Waals surface area contributed by atoms with Crippen LogP contribution in [0, 0.1) is 11.6 Å². The number of anilines is 2. The molecule has 0 radical (unpaired) electrons. The number of nitrogens with zero attached hydrogens (tertiary/aromatic N) is 4. The predicted molar refractivity (Wildman–Crippen MR) is 124 cm³/mol. The van der Waals surface area contributed by atoms with E-state index in [4.69, 9.17) is 20.9 Å². The van der Waals surface area contributed by atoms with Crippen molar-refractivity contribution in [2.75, 3.05) is 51.0 Å². The SMILES string of the molecule is COc1cc2nc(N3CCN(C(=O)C[C@@H](N)c4ccc(F)cc4)CC3)nc(N)c2c(F)c1OC. The van der Waals surface area contributed by atoms with Crippen LogP contribution < -0.4 is 25.8 Å². The Morgan fingerprint density at radius 1 is 1.09 bits per heavy atom. The highest BCUT2D eigenvalue weighted by molar-refractivity contribution is 5.92. The van der Waals surface area contributed by atoms with Crippen LogP contribution >= 0.6 is 0 Å². The van der Waals surface area contributed by atoms with Crippen molar-refractivity contribution in [2.24, 2.45) is 5.73 Å². The summed E-state index contributed by atoms with van der Waals surface area (Å²) in [5, 5.41) is 0.0602. The molecule has 2 aromatic carbocycles. The summed E-state index contributed by atoms with van der Waals surface area (Å²) in [6, 6.07) is 6.85. The molecule has 1 atom stereocenters. The van der Waals surface area contributed by atoms with Crippen LogP contribution in [-0.2, 0) is 4.79 Å². The summed E-state index contributed by atoms with van der Waals surface area (Å²) in [4.78, 5) is 25.1. The number of piperazine rings is 1. The minimum Gasteiger partial charge on any atom is -0.493 e. The van der Waals surface area contributed by atoms with Crippen molar-refractivity contribution in [3.63, 3.8) is 0 Å². The van der Waals surface area contributed by atoms with Crippen molar-refractivity contribution in [3.8, 4) is 11.5 Å². The van der Waals surface area contributed by atoms with Crippen molar-refractivity contribution < 1.29 is 23.0 Å².